The molecule has 3 aromatic rings. The second-order valence-electron chi connectivity index (χ2n) is 6.42. The van der Waals surface area contributed by atoms with Gasteiger partial charge in [-0.05, 0) is 56.5 Å². The summed E-state index contributed by atoms with van der Waals surface area (Å²) >= 11 is 6.20. The van der Waals surface area contributed by atoms with Crippen LogP contribution >= 0.6 is 31.9 Å². The first-order valence-corrected chi connectivity index (χ1v) is 10.2. The standard InChI is InChI=1S/C18H15Br2F4N5O/c1-10-15(20)16(18(22,23)24)26-29(10)7-6-14(30)25-17-13(19)9-28(27-17)8-11-2-4-12(21)5-3-11/h2-5,9H,6-8H2,1H3,(H,25,27,30). The maximum absolute atomic E-state index is 13.0. The zero-order valence-corrected chi connectivity index (χ0v) is 18.6. The Labute approximate surface area is 185 Å². The number of hydrogen-bond acceptors (Lipinski definition) is 3. The Bertz CT molecular complexity index is 1060. The molecule has 1 aromatic carbocycles. The van der Waals surface area contributed by atoms with E-state index in [-0.39, 0.29) is 34.8 Å². The van der Waals surface area contributed by atoms with E-state index in [9.17, 15) is 22.4 Å². The summed E-state index contributed by atoms with van der Waals surface area (Å²) in [6, 6.07) is 5.94. The Morgan fingerprint density at radius 2 is 1.83 bits per heavy atom. The first-order chi connectivity index (χ1) is 14.0. The molecule has 0 bridgehead atoms. The van der Waals surface area contributed by atoms with Crippen molar-refractivity contribution in [3.8, 4) is 0 Å². The number of nitrogens with zero attached hydrogens (tertiary/aromatic N) is 4. The van der Waals surface area contributed by atoms with Crippen molar-refractivity contribution in [3.63, 3.8) is 0 Å². The molecular formula is C18H15Br2F4N5O. The van der Waals surface area contributed by atoms with Gasteiger partial charge in [0.25, 0.3) is 0 Å². The quantitative estimate of drug-likeness (QED) is 0.430. The van der Waals surface area contributed by atoms with Crippen molar-refractivity contribution in [2.24, 2.45) is 0 Å². The van der Waals surface area contributed by atoms with Crippen LogP contribution in [-0.2, 0) is 24.1 Å². The molecule has 0 aliphatic rings. The van der Waals surface area contributed by atoms with E-state index in [4.69, 9.17) is 0 Å². The molecule has 160 valence electrons. The van der Waals surface area contributed by atoms with E-state index >= 15 is 0 Å². The van der Waals surface area contributed by atoms with Gasteiger partial charge in [0, 0.05) is 12.6 Å². The van der Waals surface area contributed by atoms with E-state index in [2.05, 4.69) is 47.4 Å². The normalized spacial score (nSPS) is 11.7. The highest BCUT2D eigenvalue weighted by molar-refractivity contribution is 9.11. The lowest BCUT2D eigenvalue weighted by atomic mass is 10.2. The van der Waals surface area contributed by atoms with Gasteiger partial charge >= 0.3 is 6.18 Å². The number of rotatable bonds is 6. The Hall–Kier alpha value is -2.21. The van der Waals surface area contributed by atoms with Crippen molar-refractivity contribution in [1.29, 1.82) is 0 Å². The third kappa shape index (κ3) is 5.28. The Kier molecular flexibility index (Phi) is 6.65. The lowest BCUT2D eigenvalue weighted by molar-refractivity contribution is -0.142. The summed E-state index contributed by atoms with van der Waals surface area (Å²) in [5.41, 5.74) is 0.0760. The first kappa shape index (κ1) is 22.5. The first-order valence-electron chi connectivity index (χ1n) is 8.62. The highest BCUT2D eigenvalue weighted by Gasteiger charge is 2.37. The number of aryl methyl sites for hydroxylation is 1. The Balaban J connectivity index is 1.62. The van der Waals surface area contributed by atoms with E-state index in [1.165, 1.54) is 19.1 Å². The molecule has 1 amide bonds. The van der Waals surface area contributed by atoms with Gasteiger partial charge in [-0.1, -0.05) is 12.1 Å². The van der Waals surface area contributed by atoms with E-state index in [1.54, 1.807) is 23.0 Å². The van der Waals surface area contributed by atoms with Crippen molar-refractivity contribution in [2.45, 2.75) is 32.6 Å². The molecular weight excluding hydrogens is 538 g/mol. The number of benzene rings is 1. The average Bonchev–Trinajstić information content (AvgIpc) is 3.15. The molecule has 0 saturated heterocycles. The number of aromatic nitrogens is 4. The molecule has 0 saturated carbocycles. The molecule has 0 fully saturated rings. The molecule has 6 nitrogen and oxygen atoms in total. The topological polar surface area (TPSA) is 64.7 Å². The molecule has 12 heteroatoms. The molecule has 0 radical (unpaired) electrons. The van der Waals surface area contributed by atoms with Gasteiger partial charge in [0.05, 0.1) is 27.7 Å². The zero-order valence-electron chi connectivity index (χ0n) is 15.5. The summed E-state index contributed by atoms with van der Waals surface area (Å²) in [4.78, 5) is 12.2. The van der Waals surface area contributed by atoms with Gasteiger partial charge in [0.2, 0.25) is 5.91 Å². The number of alkyl halides is 3. The minimum Gasteiger partial charge on any atom is -0.308 e. The molecule has 0 spiro atoms. The number of carbonyl (C=O) groups is 1. The Morgan fingerprint density at radius 3 is 2.43 bits per heavy atom. The molecule has 0 aliphatic heterocycles. The van der Waals surface area contributed by atoms with Crippen LogP contribution in [0.25, 0.3) is 0 Å². The number of anilines is 1. The SMILES string of the molecule is Cc1c(Br)c(C(F)(F)F)nn1CCC(=O)Nc1nn(Cc2ccc(F)cc2)cc1Br. The lowest BCUT2D eigenvalue weighted by Crippen LogP contribution is -2.17. The molecule has 0 aliphatic carbocycles. The van der Waals surface area contributed by atoms with Crippen molar-refractivity contribution in [1.82, 2.24) is 19.6 Å². The zero-order chi connectivity index (χ0) is 22.1. The minimum absolute atomic E-state index is 0.0275. The predicted molar refractivity (Wildman–Crippen MR) is 108 cm³/mol. The summed E-state index contributed by atoms with van der Waals surface area (Å²) in [6.07, 6.45) is -3.02. The molecule has 0 atom stereocenters. The minimum atomic E-state index is -4.58. The van der Waals surface area contributed by atoms with Gasteiger partial charge in [-0.15, -0.1) is 0 Å². The van der Waals surface area contributed by atoms with Crippen LogP contribution in [0.3, 0.4) is 0 Å². The number of amides is 1. The highest BCUT2D eigenvalue weighted by Crippen LogP contribution is 2.35. The fourth-order valence-electron chi connectivity index (χ4n) is 2.66. The van der Waals surface area contributed by atoms with Crippen LogP contribution in [0.5, 0.6) is 0 Å². The number of carbonyl (C=O) groups excluding carboxylic acids is 1. The van der Waals surface area contributed by atoms with Gasteiger partial charge in [-0.2, -0.15) is 23.4 Å². The lowest BCUT2D eigenvalue weighted by Gasteiger charge is -2.06. The number of nitrogens with one attached hydrogen (secondary N) is 1. The van der Waals surface area contributed by atoms with Crippen LogP contribution < -0.4 is 5.32 Å². The average molecular weight is 553 g/mol. The van der Waals surface area contributed by atoms with E-state index < -0.39 is 17.8 Å². The van der Waals surface area contributed by atoms with Crippen LogP contribution in [0.4, 0.5) is 23.4 Å². The summed E-state index contributed by atoms with van der Waals surface area (Å²) < 4.78 is 54.9. The largest absolute Gasteiger partial charge is 0.436 e. The fourth-order valence-corrected chi connectivity index (χ4v) is 3.59. The van der Waals surface area contributed by atoms with Gasteiger partial charge in [0.1, 0.15) is 5.82 Å². The summed E-state index contributed by atoms with van der Waals surface area (Å²) in [5.74, 6) is -0.492. The summed E-state index contributed by atoms with van der Waals surface area (Å²) in [7, 11) is 0. The van der Waals surface area contributed by atoms with Crippen molar-refractivity contribution < 1.29 is 22.4 Å². The smallest absolute Gasteiger partial charge is 0.308 e. The molecule has 2 heterocycles. The fraction of sp³-hybridized carbons (Fsp3) is 0.278. The van der Waals surface area contributed by atoms with Gasteiger partial charge < -0.3 is 5.32 Å². The van der Waals surface area contributed by atoms with E-state index in [0.29, 0.717) is 11.0 Å². The van der Waals surface area contributed by atoms with E-state index in [0.717, 1.165) is 10.2 Å². The van der Waals surface area contributed by atoms with Crippen LogP contribution in [0.2, 0.25) is 0 Å². The van der Waals surface area contributed by atoms with Crippen LogP contribution in [-0.4, -0.2) is 25.5 Å². The molecule has 3 rings (SSSR count). The molecule has 30 heavy (non-hydrogen) atoms. The molecule has 0 unspecified atom stereocenters. The third-order valence-electron chi connectivity index (χ3n) is 4.19. The second kappa shape index (κ2) is 8.88. The van der Waals surface area contributed by atoms with Gasteiger partial charge in [0.15, 0.2) is 11.5 Å². The maximum atomic E-state index is 13.0. The predicted octanol–water partition coefficient (Wildman–Crippen LogP) is 5.15. The van der Waals surface area contributed by atoms with Crippen LogP contribution in [0, 0.1) is 12.7 Å². The maximum Gasteiger partial charge on any atom is 0.436 e. The number of halogens is 6. The summed E-state index contributed by atoms with van der Waals surface area (Å²) in [6.45, 7) is 1.83. The number of hydrogen-bond donors (Lipinski definition) is 1. The third-order valence-corrected chi connectivity index (χ3v) is 5.72. The van der Waals surface area contributed by atoms with Gasteiger partial charge in [-0.25, -0.2) is 4.39 Å². The van der Waals surface area contributed by atoms with Crippen molar-refractivity contribution in [2.75, 3.05) is 5.32 Å². The van der Waals surface area contributed by atoms with Gasteiger partial charge in [-0.3, -0.25) is 14.2 Å². The highest BCUT2D eigenvalue weighted by atomic mass is 79.9. The summed E-state index contributed by atoms with van der Waals surface area (Å²) in [5, 5.41) is 10.4. The van der Waals surface area contributed by atoms with Crippen molar-refractivity contribution in [3.05, 3.63) is 62.2 Å². The Morgan fingerprint density at radius 1 is 1.17 bits per heavy atom. The van der Waals surface area contributed by atoms with E-state index in [1.807, 2.05) is 0 Å². The molecule has 1 N–H and O–H groups in total. The van der Waals surface area contributed by atoms with Crippen LogP contribution in [0.15, 0.2) is 39.4 Å². The molecule has 2 aromatic heterocycles. The van der Waals surface area contributed by atoms with Crippen molar-refractivity contribution >= 4 is 43.6 Å². The second-order valence-corrected chi connectivity index (χ2v) is 8.06. The monoisotopic (exact) mass is 551 g/mol. The van der Waals surface area contributed by atoms with Crippen LogP contribution in [0.1, 0.15) is 23.4 Å².